The Labute approximate surface area is 180 Å². The molecule has 0 fully saturated rings. The molecule has 0 aliphatic heterocycles. The fourth-order valence-corrected chi connectivity index (χ4v) is 3.13. The Morgan fingerprint density at radius 2 is 1.68 bits per heavy atom. The standard InChI is InChI=1S/C22H29NO8/c1-14(2)13-17(18(24)25)22(19(26)27,20(28)31-21(3,4)5)12-6-7-15-8-10-16(11-9-15)23(29)30/h6-11,14,17H,12-13H2,1-5H3,(H,24,25)(H,26,27)/t17-,22?/m0/s1. The monoisotopic (exact) mass is 435 g/mol. The average molecular weight is 435 g/mol. The van der Waals surface area contributed by atoms with Crippen LogP contribution in [0.1, 0.15) is 53.0 Å². The van der Waals surface area contributed by atoms with Gasteiger partial charge in [-0.05, 0) is 57.2 Å². The van der Waals surface area contributed by atoms with Crippen LogP contribution in [0.4, 0.5) is 5.69 Å². The van der Waals surface area contributed by atoms with E-state index in [9.17, 15) is 34.7 Å². The molecule has 0 saturated carbocycles. The van der Waals surface area contributed by atoms with E-state index in [0.717, 1.165) is 0 Å². The molecule has 9 heteroatoms. The summed E-state index contributed by atoms with van der Waals surface area (Å²) in [5, 5.41) is 30.6. The van der Waals surface area contributed by atoms with Crippen LogP contribution < -0.4 is 0 Å². The number of hydrogen-bond donors (Lipinski definition) is 2. The van der Waals surface area contributed by atoms with Crippen LogP contribution in [-0.4, -0.2) is 38.6 Å². The van der Waals surface area contributed by atoms with Crippen LogP contribution in [-0.2, 0) is 19.1 Å². The summed E-state index contributed by atoms with van der Waals surface area (Å²) >= 11 is 0. The predicted molar refractivity (Wildman–Crippen MR) is 113 cm³/mol. The van der Waals surface area contributed by atoms with Gasteiger partial charge in [-0.3, -0.25) is 24.5 Å². The van der Waals surface area contributed by atoms with Crippen molar-refractivity contribution in [2.75, 3.05) is 0 Å². The van der Waals surface area contributed by atoms with Crippen LogP contribution in [0.15, 0.2) is 30.3 Å². The van der Waals surface area contributed by atoms with Gasteiger partial charge in [-0.25, -0.2) is 0 Å². The zero-order valence-electron chi connectivity index (χ0n) is 18.3. The predicted octanol–water partition coefficient (Wildman–Crippen LogP) is 4.16. The number of hydrogen-bond acceptors (Lipinski definition) is 6. The number of nitro groups is 1. The van der Waals surface area contributed by atoms with E-state index in [-0.39, 0.29) is 18.0 Å². The number of esters is 1. The highest BCUT2D eigenvalue weighted by Gasteiger charge is 2.57. The molecule has 0 spiro atoms. The first kappa shape index (κ1) is 25.8. The van der Waals surface area contributed by atoms with Gasteiger partial charge in [0.25, 0.3) is 5.69 Å². The Morgan fingerprint density at radius 1 is 1.13 bits per heavy atom. The zero-order chi connectivity index (χ0) is 24.0. The van der Waals surface area contributed by atoms with E-state index in [1.54, 1.807) is 34.6 Å². The number of benzene rings is 1. The molecule has 1 rings (SSSR count). The van der Waals surface area contributed by atoms with Crippen molar-refractivity contribution in [1.29, 1.82) is 0 Å². The molecule has 0 bridgehead atoms. The van der Waals surface area contributed by atoms with Crippen molar-refractivity contribution in [3.63, 3.8) is 0 Å². The first-order valence-electron chi connectivity index (χ1n) is 9.81. The molecule has 0 amide bonds. The summed E-state index contributed by atoms with van der Waals surface area (Å²) in [7, 11) is 0. The van der Waals surface area contributed by atoms with Crippen molar-refractivity contribution in [1.82, 2.24) is 0 Å². The maximum Gasteiger partial charge on any atom is 0.325 e. The molecule has 2 N–H and O–H groups in total. The lowest BCUT2D eigenvalue weighted by molar-refractivity contribution is -0.384. The van der Waals surface area contributed by atoms with Crippen molar-refractivity contribution in [2.45, 2.75) is 53.1 Å². The number of ether oxygens (including phenoxy) is 1. The molecule has 0 aliphatic rings. The van der Waals surface area contributed by atoms with E-state index in [4.69, 9.17) is 4.74 Å². The smallest absolute Gasteiger partial charge is 0.325 e. The third-order valence-electron chi connectivity index (χ3n) is 4.60. The molecule has 0 heterocycles. The lowest BCUT2D eigenvalue weighted by Crippen LogP contribution is -2.51. The van der Waals surface area contributed by atoms with Gasteiger partial charge < -0.3 is 14.9 Å². The molecule has 0 aromatic heterocycles. The third-order valence-corrected chi connectivity index (χ3v) is 4.60. The summed E-state index contributed by atoms with van der Waals surface area (Å²) in [5.74, 6) is -5.79. The average Bonchev–Trinajstić information content (AvgIpc) is 2.62. The summed E-state index contributed by atoms with van der Waals surface area (Å²) in [4.78, 5) is 47.7. The van der Waals surface area contributed by atoms with E-state index in [1.807, 2.05) is 0 Å². The molecule has 0 aliphatic carbocycles. The molecule has 31 heavy (non-hydrogen) atoms. The van der Waals surface area contributed by atoms with Crippen LogP contribution in [0, 0.1) is 27.4 Å². The van der Waals surface area contributed by atoms with Crippen LogP contribution in [0.5, 0.6) is 0 Å². The number of nitro benzene ring substituents is 1. The largest absolute Gasteiger partial charge is 0.481 e. The summed E-state index contributed by atoms with van der Waals surface area (Å²) in [5.41, 5.74) is -2.92. The first-order valence-corrected chi connectivity index (χ1v) is 9.81. The maximum absolute atomic E-state index is 13.0. The highest BCUT2D eigenvalue weighted by molar-refractivity contribution is 6.03. The third kappa shape index (κ3) is 6.91. The molecule has 0 radical (unpaired) electrons. The number of aliphatic carboxylic acids is 2. The van der Waals surface area contributed by atoms with Gasteiger partial charge >= 0.3 is 17.9 Å². The van der Waals surface area contributed by atoms with Gasteiger partial charge in [0, 0.05) is 12.1 Å². The molecule has 0 saturated heterocycles. The van der Waals surface area contributed by atoms with Crippen LogP contribution >= 0.6 is 0 Å². The zero-order valence-corrected chi connectivity index (χ0v) is 18.3. The van der Waals surface area contributed by atoms with E-state index in [0.29, 0.717) is 5.56 Å². The second-order valence-electron chi connectivity index (χ2n) is 8.75. The number of nitrogens with zero attached hydrogens (tertiary/aromatic N) is 1. The van der Waals surface area contributed by atoms with Crippen molar-refractivity contribution in [3.05, 3.63) is 46.0 Å². The number of non-ortho nitro benzene ring substituents is 1. The van der Waals surface area contributed by atoms with Crippen molar-refractivity contribution in [2.24, 2.45) is 17.3 Å². The van der Waals surface area contributed by atoms with E-state index in [1.165, 1.54) is 36.4 Å². The van der Waals surface area contributed by atoms with Crippen molar-refractivity contribution >= 4 is 29.7 Å². The number of carbonyl (C=O) groups excluding carboxylic acids is 1. The van der Waals surface area contributed by atoms with E-state index in [2.05, 4.69) is 0 Å². The van der Waals surface area contributed by atoms with Crippen molar-refractivity contribution < 1.29 is 34.3 Å². The number of rotatable bonds is 10. The van der Waals surface area contributed by atoms with Gasteiger partial charge in [0.1, 0.15) is 5.60 Å². The Hall–Kier alpha value is -3.23. The fraction of sp³-hybridized carbons (Fsp3) is 0.500. The van der Waals surface area contributed by atoms with Crippen LogP contribution in [0.3, 0.4) is 0 Å². The number of carboxylic acids is 2. The van der Waals surface area contributed by atoms with E-state index < -0.39 is 46.2 Å². The molecular weight excluding hydrogens is 406 g/mol. The molecular formula is C22H29NO8. The number of carboxylic acid groups (broad SMARTS) is 2. The summed E-state index contributed by atoms with van der Waals surface area (Å²) in [6.45, 7) is 8.20. The SMILES string of the molecule is CC(C)C[C@@H](C(=O)O)C(CC=Cc1ccc([N+](=O)[O-])cc1)(C(=O)O)C(=O)OC(C)(C)C. The molecule has 1 aromatic carbocycles. The minimum atomic E-state index is -2.33. The number of carbonyl (C=O) groups is 3. The molecule has 170 valence electrons. The van der Waals surface area contributed by atoms with Gasteiger partial charge in [-0.2, -0.15) is 0 Å². The normalized spacial score (nSPS) is 14.8. The highest BCUT2D eigenvalue weighted by Crippen LogP contribution is 2.40. The van der Waals surface area contributed by atoms with Gasteiger partial charge in [0.15, 0.2) is 5.41 Å². The molecule has 2 atom stereocenters. The maximum atomic E-state index is 13.0. The lowest BCUT2D eigenvalue weighted by Gasteiger charge is -2.35. The van der Waals surface area contributed by atoms with Gasteiger partial charge in [-0.1, -0.05) is 26.0 Å². The minimum absolute atomic E-state index is 0.0355. The Balaban J connectivity index is 3.41. The summed E-state index contributed by atoms with van der Waals surface area (Å²) < 4.78 is 5.33. The van der Waals surface area contributed by atoms with Crippen LogP contribution in [0.25, 0.3) is 6.08 Å². The van der Waals surface area contributed by atoms with E-state index >= 15 is 0 Å². The lowest BCUT2D eigenvalue weighted by atomic mass is 9.69. The van der Waals surface area contributed by atoms with Crippen molar-refractivity contribution in [3.8, 4) is 0 Å². The summed E-state index contributed by atoms with van der Waals surface area (Å²) in [6.07, 6.45) is 2.42. The summed E-state index contributed by atoms with van der Waals surface area (Å²) in [6, 6.07) is 5.51. The second kappa shape index (κ2) is 10.2. The Bertz CT molecular complexity index is 851. The van der Waals surface area contributed by atoms with Gasteiger partial charge in [0.2, 0.25) is 0 Å². The molecule has 1 unspecified atom stereocenters. The Morgan fingerprint density at radius 3 is 2.06 bits per heavy atom. The fourth-order valence-electron chi connectivity index (χ4n) is 3.13. The van der Waals surface area contributed by atoms with Gasteiger partial charge in [-0.15, -0.1) is 0 Å². The quantitative estimate of drug-likeness (QED) is 0.241. The highest BCUT2D eigenvalue weighted by atomic mass is 16.6. The van der Waals surface area contributed by atoms with Gasteiger partial charge in [0.05, 0.1) is 10.8 Å². The van der Waals surface area contributed by atoms with Crippen LogP contribution in [0.2, 0.25) is 0 Å². The minimum Gasteiger partial charge on any atom is -0.481 e. The molecule has 1 aromatic rings. The number of allylic oxidation sites excluding steroid dienone is 1. The topological polar surface area (TPSA) is 144 Å². The molecule has 9 nitrogen and oxygen atoms in total. The second-order valence-corrected chi connectivity index (χ2v) is 8.75. The Kier molecular flexibility index (Phi) is 8.48. The first-order chi connectivity index (χ1) is 14.2.